The molecule has 1 saturated carbocycles. The predicted molar refractivity (Wildman–Crippen MR) is 60.0 cm³/mol. The third-order valence-corrected chi connectivity index (χ3v) is 3.31. The number of hydrogen-bond donors (Lipinski definition) is 1. The van der Waals surface area contributed by atoms with Crippen molar-refractivity contribution in [1.29, 1.82) is 0 Å². The number of halogens is 2. The number of benzene rings is 1. The molecule has 0 bridgehead atoms. The first-order valence-corrected chi connectivity index (χ1v) is 6.05. The van der Waals surface area contributed by atoms with Gasteiger partial charge in [-0.15, -0.1) is 0 Å². The summed E-state index contributed by atoms with van der Waals surface area (Å²) < 4.78 is 32.4. The Morgan fingerprint density at radius 2 is 2.06 bits per heavy atom. The molecule has 1 fully saturated rings. The molecule has 1 aromatic carbocycles. The van der Waals surface area contributed by atoms with E-state index in [0.29, 0.717) is 11.6 Å². The van der Waals surface area contributed by atoms with Crippen LogP contribution in [0.3, 0.4) is 0 Å². The Morgan fingerprint density at radius 1 is 1.29 bits per heavy atom. The summed E-state index contributed by atoms with van der Waals surface area (Å²) in [6, 6.07) is 2.77. The molecule has 1 aliphatic carbocycles. The maximum atomic E-state index is 13.6. The fourth-order valence-electron chi connectivity index (χ4n) is 2.36. The normalized spacial score (nSPS) is 27.5. The zero-order chi connectivity index (χ0) is 12.0. The van der Waals surface area contributed by atoms with Crippen molar-refractivity contribution in [3.8, 4) is 5.75 Å². The summed E-state index contributed by atoms with van der Waals surface area (Å²) in [6.07, 6.45) is 3.02. The largest absolute Gasteiger partial charge is 0.487 e. The fraction of sp³-hybridized carbons (Fsp3) is 0.538. The van der Waals surface area contributed by atoms with E-state index in [1.165, 1.54) is 6.07 Å². The zero-order valence-electron chi connectivity index (χ0n) is 9.67. The maximum absolute atomic E-state index is 13.6. The Hall–Kier alpha value is -1.16. The quantitative estimate of drug-likeness (QED) is 0.856. The highest BCUT2D eigenvalue weighted by Gasteiger charge is 2.33. The second-order valence-electron chi connectivity index (χ2n) is 4.96. The Balaban J connectivity index is 1.97. The van der Waals surface area contributed by atoms with Crippen LogP contribution in [-0.2, 0) is 0 Å². The van der Waals surface area contributed by atoms with Gasteiger partial charge in [-0.3, -0.25) is 0 Å². The van der Waals surface area contributed by atoms with E-state index in [-0.39, 0.29) is 17.9 Å². The van der Waals surface area contributed by atoms with Crippen LogP contribution in [0.1, 0.15) is 37.8 Å². The van der Waals surface area contributed by atoms with Gasteiger partial charge < -0.3 is 10.1 Å². The van der Waals surface area contributed by atoms with E-state index < -0.39 is 11.6 Å². The van der Waals surface area contributed by atoms with Crippen LogP contribution in [-0.4, -0.2) is 12.1 Å². The summed E-state index contributed by atoms with van der Waals surface area (Å²) in [5.74, 6) is -0.931. The Morgan fingerprint density at radius 3 is 2.76 bits per heavy atom. The fourth-order valence-corrected chi connectivity index (χ4v) is 2.36. The van der Waals surface area contributed by atoms with Crippen molar-refractivity contribution in [3.05, 3.63) is 29.3 Å². The van der Waals surface area contributed by atoms with Crippen LogP contribution in [0.25, 0.3) is 0 Å². The topological polar surface area (TPSA) is 21.3 Å². The molecule has 1 aromatic rings. The smallest absolute Gasteiger partial charge is 0.168 e. The van der Waals surface area contributed by atoms with Gasteiger partial charge in [-0.1, -0.05) is 0 Å². The van der Waals surface area contributed by atoms with Gasteiger partial charge in [0.25, 0.3) is 0 Å². The van der Waals surface area contributed by atoms with Gasteiger partial charge in [-0.05, 0) is 25.8 Å². The highest BCUT2D eigenvalue weighted by molar-refractivity contribution is 5.40. The molecule has 2 atom stereocenters. The molecule has 3 rings (SSSR count). The van der Waals surface area contributed by atoms with Crippen LogP contribution < -0.4 is 10.1 Å². The van der Waals surface area contributed by atoms with Crippen molar-refractivity contribution in [2.24, 2.45) is 0 Å². The van der Waals surface area contributed by atoms with Crippen molar-refractivity contribution < 1.29 is 13.5 Å². The van der Waals surface area contributed by atoms with E-state index in [1.54, 1.807) is 0 Å². The summed E-state index contributed by atoms with van der Waals surface area (Å²) in [7, 11) is 0. The minimum atomic E-state index is -0.603. The average Bonchev–Trinajstić information content (AvgIpc) is 3.04. The van der Waals surface area contributed by atoms with Crippen molar-refractivity contribution in [2.75, 3.05) is 0 Å². The molecular weight excluding hydrogens is 224 g/mol. The lowest BCUT2D eigenvalue weighted by atomic mass is 9.96. The van der Waals surface area contributed by atoms with Crippen LogP contribution in [0.2, 0.25) is 0 Å². The van der Waals surface area contributed by atoms with Gasteiger partial charge >= 0.3 is 0 Å². The Labute approximate surface area is 99.0 Å². The van der Waals surface area contributed by atoms with Gasteiger partial charge in [-0.25, -0.2) is 8.78 Å². The third kappa shape index (κ3) is 2.14. The third-order valence-electron chi connectivity index (χ3n) is 3.31. The molecule has 0 aromatic heterocycles. The molecule has 1 heterocycles. The molecule has 4 heteroatoms. The molecule has 1 aliphatic heterocycles. The molecule has 0 radical (unpaired) electrons. The number of ether oxygens (including phenoxy) is 1. The summed E-state index contributed by atoms with van der Waals surface area (Å²) in [6.45, 7) is 1.91. The molecule has 0 saturated heterocycles. The summed E-state index contributed by atoms with van der Waals surface area (Å²) in [5, 5.41) is 3.42. The van der Waals surface area contributed by atoms with Gasteiger partial charge in [0.15, 0.2) is 11.6 Å². The maximum Gasteiger partial charge on any atom is 0.168 e. The Bertz CT molecular complexity index is 445. The van der Waals surface area contributed by atoms with E-state index in [0.717, 1.165) is 25.3 Å². The van der Waals surface area contributed by atoms with Gasteiger partial charge in [0.2, 0.25) is 0 Å². The van der Waals surface area contributed by atoms with E-state index >= 15 is 0 Å². The number of nitrogens with one attached hydrogen (secondary N) is 1. The molecule has 2 unspecified atom stereocenters. The van der Waals surface area contributed by atoms with E-state index in [2.05, 4.69) is 5.32 Å². The Kier molecular flexibility index (Phi) is 2.54. The SMILES string of the molecule is CC1CC(NC2CC2)c2cc(F)cc(F)c2O1. The molecule has 92 valence electrons. The molecule has 0 spiro atoms. The molecule has 1 N–H and O–H groups in total. The summed E-state index contributed by atoms with van der Waals surface area (Å²) >= 11 is 0. The summed E-state index contributed by atoms with van der Waals surface area (Å²) in [5.41, 5.74) is 0.618. The van der Waals surface area contributed by atoms with E-state index in [1.807, 2.05) is 6.92 Å². The monoisotopic (exact) mass is 239 g/mol. The van der Waals surface area contributed by atoms with Gasteiger partial charge in [0, 0.05) is 30.1 Å². The number of rotatable bonds is 2. The molecule has 2 nitrogen and oxygen atoms in total. The predicted octanol–water partition coefficient (Wildman–Crippen LogP) is 2.93. The van der Waals surface area contributed by atoms with Crippen LogP contribution in [0.15, 0.2) is 12.1 Å². The van der Waals surface area contributed by atoms with Gasteiger partial charge in [0.1, 0.15) is 5.82 Å². The van der Waals surface area contributed by atoms with Crippen LogP contribution in [0.4, 0.5) is 8.78 Å². The van der Waals surface area contributed by atoms with Crippen molar-refractivity contribution in [2.45, 2.75) is 44.4 Å². The number of hydrogen-bond acceptors (Lipinski definition) is 2. The first-order chi connectivity index (χ1) is 8.13. The number of fused-ring (bicyclic) bond motifs is 1. The molecular formula is C13H15F2NO. The van der Waals surface area contributed by atoms with E-state index in [9.17, 15) is 8.78 Å². The molecule has 0 amide bonds. The zero-order valence-corrected chi connectivity index (χ0v) is 9.67. The van der Waals surface area contributed by atoms with Gasteiger partial charge in [0.05, 0.1) is 6.10 Å². The van der Waals surface area contributed by atoms with Crippen LogP contribution in [0, 0.1) is 11.6 Å². The van der Waals surface area contributed by atoms with Crippen LogP contribution >= 0.6 is 0 Å². The van der Waals surface area contributed by atoms with E-state index in [4.69, 9.17) is 4.74 Å². The first-order valence-electron chi connectivity index (χ1n) is 6.05. The lowest BCUT2D eigenvalue weighted by molar-refractivity contribution is 0.157. The highest BCUT2D eigenvalue weighted by atomic mass is 19.1. The molecule has 2 aliphatic rings. The average molecular weight is 239 g/mol. The minimum absolute atomic E-state index is 0.00597. The minimum Gasteiger partial charge on any atom is -0.487 e. The highest BCUT2D eigenvalue weighted by Crippen LogP contribution is 2.39. The lowest BCUT2D eigenvalue weighted by Gasteiger charge is -2.31. The van der Waals surface area contributed by atoms with Crippen molar-refractivity contribution in [1.82, 2.24) is 5.32 Å². The van der Waals surface area contributed by atoms with Crippen molar-refractivity contribution in [3.63, 3.8) is 0 Å². The first kappa shape index (κ1) is 11.0. The standard InChI is InChI=1S/C13H15F2NO/c1-7-4-12(16-9-2-3-9)10-5-8(14)6-11(15)13(10)17-7/h5-7,9,12,16H,2-4H2,1H3. The lowest BCUT2D eigenvalue weighted by Crippen LogP contribution is -2.33. The molecule has 17 heavy (non-hydrogen) atoms. The van der Waals surface area contributed by atoms with Crippen LogP contribution in [0.5, 0.6) is 5.75 Å². The van der Waals surface area contributed by atoms with Gasteiger partial charge in [-0.2, -0.15) is 0 Å². The van der Waals surface area contributed by atoms with Crippen molar-refractivity contribution >= 4 is 0 Å². The second kappa shape index (κ2) is 3.95. The second-order valence-corrected chi connectivity index (χ2v) is 4.96. The summed E-state index contributed by atoms with van der Waals surface area (Å²) in [4.78, 5) is 0.